The Morgan fingerprint density at radius 2 is 1.64 bits per heavy atom. The van der Waals surface area contributed by atoms with Crippen LogP contribution in [0.15, 0.2) is 54.7 Å². The van der Waals surface area contributed by atoms with Crippen molar-refractivity contribution in [1.82, 2.24) is 10.6 Å². The van der Waals surface area contributed by atoms with Crippen LogP contribution >= 0.6 is 34.8 Å². The SMILES string of the molecule is C=C1NC(=O)N[C@@H](c2ccc(Cl)cc2Cl)[C@@H]1C(=O)c1ccc(Cl)cc1. The molecule has 2 aromatic rings. The van der Waals surface area contributed by atoms with E-state index in [0.717, 1.165) is 0 Å². The van der Waals surface area contributed by atoms with Gasteiger partial charge >= 0.3 is 6.03 Å². The molecule has 0 aromatic heterocycles. The quantitative estimate of drug-likeness (QED) is 0.717. The lowest BCUT2D eigenvalue weighted by Gasteiger charge is -2.34. The zero-order chi connectivity index (χ0) is 18.1. The molecular formula is C18H13Cl3N2O2. The average Bonchev–Trinajstić information content (AvgIpc) is 2.54. The number of ketones is 1. The zero-order valence-electron chi connectivity index (χ0n) is 12.9. The van der Waals surface area contributed by atoms with E-state index in [9.17, 15) is 9.59 Å². The van der Waals surface area contributed by atoms with Crippen LogP contribution < -0.4 is 10.6 Å². The third-order valence-electron chi connectivity index (χ3n) is 3.98. The summed E-state index contributed by atoms with van der Waals surface area (Å²) in [5, 5.41) is 6.67. The highest BCUT2D eigenvalue weighted by Gasteiger charge is 2.38. The second-order valence-corrected chi connectivity index (χ2v) is 6.90. The highest BCUT2D eigenvalue weighted by atomic mass is 35.5. The molecule has 4 nitrogen and oxygen atoms in total. The molecule has 2 aromatic carbocycles. The molecule has 0 bridgehead atoms. The van der Waals surface area contributed by atoms with Gasteiger partial charge in [-0.25, -0.2) is 4.79 Å². The van der Waals surface area contributed by atoms with Gasteiger partial charge < -0.3 is 10.6 Å². The van der Waals surface area contributed by atoms with E-state index in [1.165, 1.54) is 0 Å². The van der Waals surface area contributed by atoms with Gasteiger partial charge in [-0.1, -0.05) is 47.4 Å². The van der Waals surface area contributed by atoms with Gasteiger partial charge in [-0.15, -0.1) is 0 Å². The van der Waals surface area contributed by atoms with Gasteiger partial charge in [-0.3, -0.25) is 4.79 Å². The Morgan fingerprint density at radius 1 is 1.00 bits per heavy atom. The van der Waals surface area contributed by atoms with Gasteiger partial charge in [0.15, 0.2) is 5.78 Å². The van der Waals surface area contributed by atoms with Crippen LogP contribution in [0.1, 0.15) is 22.0 Å². The normalized spacial score (nSPS) is 20.0. The highest BCUT2D eigenvalue weighted by molar-refractivity contribution is 6.35. The molecule has 128 valence electrons. The van der Waals surface area contributed by atoms with Gasteiger partial charge in [0.25, 0.3) is 0 Å². The predicted octanol–water partition coefficient (Wildman–Crippen LogP) is 5.01. The van der Waals surface area contributed by atoms with Crippen molar-refractivity contribution >= 4 is 46.6 Å². The summed E-state index contributed by atoms with van der Waals surface area (Å²) in [6, 6.07) is 10.4. The first-order chi connectivity index (χ1) is 11.9. The van der Waals surface area contributed by atoms with Crippen LogP contribution in [0.2, 0.25) is 15.1 Å². The number of nitrogens with one attached hydrogen (secondary N) is 2. The first kappa shape index (κ1) is 17.8. The van der Waals surface area contributed by atoms with Crippen molar-refractivity contribution in [2.45, 2.75) is 6.04 Å². The number of benzene rings is 2. The summed E-state index contributed by atoms with van der Waals surface area (Å²) in [5.74, 6) is -0.928. The molecule has 0 spiro atoms. The molecule has 0 saturated carbocycles. The Kier molecular flexibility index (Phi) is 5.04. The van der Waals surface area contributed by atoms with E-state index in [1.807, 2.05) is 0 Å². The second-order valence-electron chi connectivity index (χ2n) is 5.62. The van der Waals surface area contributed by atoms with Crippen LogP contribution in [-0.4, -0.2) is 11.8 Å². The minimum absolute atomic E-state index is 0.204. The zero-order valence-corrected chi connectivity index (χ0v) is 15.1. The number of hydrogen-bond donors (Lipinski definition) is 2. The van der Waals surface area contributed by atoms with Crippen molar-refractivity contribution in [3.05, 3.63) is 80.9 Å². The summed E-state index contributed by atoms with van der Waals surface area (Å²) in [6.07, 6.45) is 0. The van der Waals surface area contributed by atoms with E-state index < -0.39 is 18.0 Å². The number of rotatable bonds is 3. The van der Waals surface area contributed by atoms with Crippen molar-refractivity contribution in [3.8, 4) is 0 Å². The molecule has 25 heavy (non-hydrogen) atoms. The molecule has 2 amide bonds. The maximum atomic E-state index is 13.0. The van der Waals surface area contributed by atoms with E-state index in [4.69, 9.17) is 34.8 Å². The molecule has 2 atom stereocenters. The van der Waals surface area contributed by atoms with E-state index in [0.29, 0.717) is 31.9 Å². The summed E-state index contributed by atoms with van der Waals surface area (Å²) < 4.78 is 0. The number of Topliss-reactive ketones (excluding diaryl/α,β-unsaturated/α-hetero) is 1. The molecule has 0 aliphatic carbocycles. The number of hydrogen-bond acceptors (Lipinski definition) is 2. The van der Waals surface area contributed by atoms with E-state index >= 15 is 0 Å². The van der Waals surface area contributed by atoms with Crippen molar-refractivity contribution < 1.29 is 9.59 Å². The Balaban J connectivity index is 2.03. The lowest BCUT2D eigenvalue weighted by molar-refractivity contribution is 0.0905. The predicted molar refractivity (Wildman–Crippen MR) is 99.3 cm³/mol. The van der Waals surface area contributed by atoms with Gasteiger partial charge in [0, 0.05) is 26.3 Å². The van der Waals surface area contributed by atoms with Gasteiger partial charge in [-0.2, -0.15) is 0 Å². The maximum absolute atomic E-state index is 13.0. The molecule has 1 aliphatic rings. The topological polar surface area (TPSA) is 58.2 Å². The minimum Gasteiger partial charge on any atom is -0.330 e. The first-order valence-corrected chi connectivity index (χ1v) is 8.51. The maximum Gasteiger partial charge on any atom is 0.319 e. The third-order valence-corrected chi connectivity index (χ3v) is 4.79. The Bertz CT molecular complexity index is 865. The van der Waals surface area contributed by atoms with Crippen molar-refractivity contribution in [1.29, 1.82) is 0 Å². The minimum atomic E-state index is -0.724. The standard InChI is InChI=1S/C18H13Cl3N2O2/c1-9-15(17(24)10-2-4-11(19)5-3-10)16(23-18(25)22-9)13-7-6-12(20)8-14(13)21/h2-8,15-16H,1H2,(H2,22,23,25)/t15-,16+/m1/s1. The molecule has 1 heterocycles. The summed E-state index contributed by atoms with van der Waals surface area (Å²) in [5.41, 5.74) is 1.36. The van der Waals surface area contributed by atoms with Gasteiger partial charge in [0.2, 0.25) is 0 Å². The fourth-order valence-electron chi connectivity index (χ4n) is 2.80. The van der Waals surface area contributed by atoms with Gasteiger partial charge in [0.1, 0.15) is 0 Å². The van der Waals surface area contributed by atoms with Gasteiger partial charge in [-0.05, 0) is 42.0 Å². The Hall–Kier alpha value is -2.01. The summed E-state index contributed by atoms with van der Waals surface area (Å²) in [6.45, 7) is 3.85. The molecular weight excluding hydrogens is 383 g/mol. The fourth-order valence-corrected chi connectivity index (χ4v) is 3.45. The monoisotopic (exact) mass is 394 g/mol. The second kappa shape index (κ2) is 7.08. The third kappa shape index (κ3) is 3.66. The number of carbonyl (C=O) groups excluding carboxylic acids is 2. The summed E-state index contributed by atoms with van der Waals surface area (Å²) in [4.78, 5) is 24.9. The molecule has 0 unspecified atom stereocenters. The van der Waals surface area contributed by atoms with Crippen molar-refractivity contribution in [2.24, 2.45) is 5.92 Å². The van der Waals surface area contributed by atoms with Crippen LogP contribution in [0.5, 0.6) is 0 Å². The molecule has 0 radical (unpaired) electrons. The Labute approximate surface area is 159 Å². The molecule has 3 rings (SSSR count). The number of amides is 2. The summed E-state index contributed by atoms with van der Waals surface area (Å²) >= 11 is 18.1. The van der Waals surface area contributed by atoms with Crippen molar-refractivity contribution in [2.75, 3.05) is 0 Å². The molecule has 2 N–H and O–H groups in total. The van der Waals surface area contributed by atoms with Crippen LogP contribution in [0.3, 0.4) is 0 Å². The van der Waals surface area contributed by atoms with Crippen LogP contribution in [0.25, 0.3) is 0 Å². The highest BCUT2D eigenvalue weighted by Crippen LogP contribution is 2.36. The number of carbonyl (C=O) groups is 2. The average molecular weight is 396 g/mol. The summed E-state index contributed by atoms with van der Waals surface area (Å²) in [7, 11) is 0. The smallest absolute Gasteiger partial charge is 0.319 e. The lowest BCUT2D eigenvalue weighted by Crippen LogP contribution is -2.50. The first-order valence-electron chi connectivity index (χ1n) is 7.38. The van der Waals surface area contributed by atoms with E-state index in [1.54, 1.807) is 42.5 Å². The van der Waals surface area contributed by atoms with Gasteiger partial charge in [0.05, 0.1) is 12.0 Å². The molecule has 7 heteroatoms. The van der Waals surface area contributed by atoms with Crippen molar-refractivity contribution in [3.63, 3.8) is 0 Å². The largest absolute Gasteiger partial charge is 0.330 e. The van der Waals surface area contributed by atoms with Crippen LogP contribution in [0.4, 0.5) is 4.79 Å². The molecule has 1 fully saturated rings. The number of halogens is 3. The van der Waals surface area contributed by atoms with E-state index in [-0.39, 0.29) is 5.78 Å². The molecule has 1 saturated heterocycles. The van der Waals surface area contributed by atoms with E-state index in [2.05, 4.69) is 17.2 Å². The number of urea groups is 1. The Morgan fingerprint density at radius 3 is 2.28 bits per heavy atom. The fraction of sp³-hybridized carbons (Fsp3) is 0.111. The van der Waals surface area contributed by atoms with Crippen LogP contribution in [0, 0.1) is 5.92 Å². The lowest BCUT2D eigenvalue weighted by atomic mass is 9.83. The van der Waals surface area contributed by atoms with Crippen LogP contribution in [-0.2, 0) is 0 Å². The molecule has 1 aliphatic heterocycles.